The van der Waals surface area contributed by atoms with Gasteiger partial charge in [0.1, 0.15) is 5.84 Å². The highest BCUT2D eigenvalue weighted by atomic mass is 16.4. The van der Waals surface area contributed by atoms with E-state index in [1.54, 1.807) is 0 Å². The molecule has 6 heteroatoms. The van der Waals surface area contributed by atoms with Crippen LogP contribution in [-0.4, -0.2) is 38.8 Å². The van der Waals surface area contributed by atoms with Gasteiger partial charge in [0.2, 0.25) is 0 Å². The number of nitrogens with two attached hydrogens (primary N) is 1. The maximum absolute atomic E-state index is 8.56. The van der Waals surface area contributed by atoms with Gasteiger partial charge in [-0.3, -0.25) is 9.58 Å². The predicted molar refractivity (Wildman–Crippen MR) is 71.5 cm³/mol. The average Bonchev–Trinajstić information content (AvgIpc) is 2.69. The molecule has 1 atom stereocenters. The van der Waals surface area contributed by atoms with Crippen LogP contribution in [0, 0.1) is 0 Å². The molecule has 0 aliphatic carbocycles. The van der Waals surface area contributed by atoms with Crippen LogP contribution in [0.5, 0.6) is 0 Å². The largest absolute Gasteiger partial charge is 0.409 e. The van der Waals surface area contributed by atoms with E-state index in [4.69, 9.17) is 10.9 Å². The fourth-order valence-corrected chi connectivity index (χ4v) is 1.80. The minimum Gasteiger partial charge on any atom is -0.409 e. The molecule has 18 heavy (non-hydrogen) atoms. The predicted octanol–water partition coefficient (Wildman–Crippen LogP) is 0.939. The van der Waals surface area contributed by atoms with Crippen molar-refractivity contribution in [2.75, 3.05) is 7.05 Å². The Labute approximate surface area is 108 Å². The van der Waals surface area contributed by atoms with E-state index in [9.17, 15) is 0 Å². The van der Waals surface area contributed by atoms with Crippen molar-refractivity contribution in [3.8, 4) is 0 Å². The van der Waals surface area contributed by atoms with Crippen LogP contribution in [0.3, 0.4) is 0 Å². The van der Waals surface area contributed by atoms with Crippen molar-refractivity contribution in [3.05, 3.63) is 17.5 Å². The van der Waals surface area contributed by atoms with Crippen LogP contribution in [0.1, 0.15) is 31.7 Å². The molecule has 0 fully saturated rings. The Balaban J connectivity index is 2.63. The minimum atomic E-state index is 0.209. The summed E-state index contributed by atoms with van der Waals surface area (Å²) in [7, 11) is 3.98. The molecule has 6 nitrogen and oxygen atoms in total. The maximum Gasteiger partial charge on any atom is 0.140 e. The molecule has 3 N–H and O–H groups in total. The van der Waals surface area contributed by atoms with Crippen molar-refractivity contribution < 1.29 is 5.21 Å². The topological polar surface area (TPSA) is 79.7 Å². The normalized spacial score (nSPS) is 14.2. The third-order valence-electron chi connectivity index (χ3n) is 3.19. The Morgan fingerprint density at radius 2 is 2.33 bits per heavy atom. The monoisotopic (exact) mass is 253 g/mol. The van der Waals surface area contributed by atoms with Crippen LogP contribution in [0.4, 0.5) is 0 Å². The Kier molecular flexibility index (Phi) is 5.15. The van der Waals surface area contributed by atoms with E-state index >= 15 is 0 Å². The number of aryl methyl sites for hydroxylation is 2. The van der Waals surface area contributed by atoms with Gasteiger partial charge in [0.05, 0.1) is 11.4 Å². The fraction of sp³-hybridized carbons (Fsp3) is 0.667. The molecule has 0 radical (unpaired) electrons. The molecule has 0 saturated heterocycles. The maximum atomic E-state index is 8.56. The van der Waals surface area contributed by atoms with Crippen LogP contribution in [0.15, 0.2) is 11.2 Å². The molecule has 1 heterocycles. The molecule has 0 bridgehead atoms. The summed E-state index contributed by atoms with van der Waals surface area (Å²) in [6.45, 7) is 4.94. The van der Waals surface area contributed by atoms with Gasteiger partial charge in [-0.15, -0.1) is 0 Å². The number of oxime groups is 1. The van der Waals surface area contributed by atoms with E-state index in [1.807, 2.05) is 18.8 Å². The zero-order chi connectivity index (χ0) is 13.7. The SMILES string of the molecule is CCc1cc(CN(C)C(C)CC(N)=NO)n(C)n1. The molecular weight excluding hydrogens is 230 g/mol. The molecule has 1 aromatic rings. The fourth-order valence-electron chi connectivity index (χ4n) is 1.80. The molecular formula is C12H23N5O. The van der Waals surface area contributed by atoms with Gasteiger partial charge in [-0.2, -0.15) is 5.10 Å². The van der Waals surface area contributed by atoms with E-state index in [0.717, 1.165) is 18.7 Å². The third-order valence-corrected chi connectivity index (χ3v) is 3.19. The Bertz CT molecular complexity index is 413. The van der Waals surface area contributed by atoms with Crippen LogP contribution in [0.25, 0.3) is 0 Å². The number of rotatable bonds is 6. The van der Waals surface area contributed by atoms with Crippen molar-refractivity contribution >= 4 is 5.84 Å². The molecule has 0 aromatic carbocycles. The zero-order valence-corrected chi connectivity index (χ0v) is 11.6. The molecule has 1 unspecified atom stereocenters. The zero-order valence-electron chi connectivity index (χ0n) is 11.6. The molecule has 0 aliphatic heterocycles. The van der Waals surface area contributed by atoms with Crippen molar-refractivity contribution in [2.24, 2.45) is 17.9 Å². The summed E-state index contributed by atoms with van der Waals surface area (Å²) in [5.41, 5.74) is 7.79. The summed E-state index contributed by atoms with van der Waals surface area (Å²) < 4.78 is 1.91. The number of aromatic nitrogens is 2. The van der Waals surface area contributed by atoms with E-state index in [0.29, 0.717) is 6.42 Å². The van der Waals surface area contributed by atoms with E-state index in [1.165, 1.54) is 5.69 Å². The van der Waals surface area contributed by atoms with Gasteiger partial charge in [0, 0.05) is 26.1 Å². The van der Waals surface area contributed by atoms with Crippen LogP contribution in [-0.2, 0) is 20.0 Å². The van der Waals surface area contributed by atoms with Crippen molar-refractivity contribution in [1.82, 2.24) is 14.7 Å². The van der Waals surface area contributed by atoms with Gasteiger partial charge < -0.3 is 10.9 Å². The lowest BCUT2D eigenvalue weighted by molar-refractivity contribution is 0.245. The first kappa shape index (κ1) is 14.5. The van der Waals surface area contributed by atoms with Crippen molar-refractivity contribution in [3.63, 3.8) is 0 Å². The van der Waals surface area contributed by atoms with Gasteiger partial charge >= 0.3 is 0 Å². The number of hydrogen-bond donors (Lipinski definition) is 2. The van der Waals surface area contributed by atoms with E-state index in [-0.39, 0.29) is 11.9 Å². The van der Waals surface area contributed by atoms with Crippen LogP contribution >= 0.6 is 0 Å². The molecule has 0 aliphatic rings. The smallest absolute Gasteiger partial charge is 0.140 e. The second kappa shape index (κ2) is 6.39. The number of nitrogens with zero attached hydrogens (tertiary/aromatic N) is 4. The summed E-state index contributed by atoms with van der Waals surface area (Å²) in [6, 6.07) is 2.33. The lowest BCUT2D eigenvalue weighted by atomic mass is 10.2. The first-order chi connectivity index (χ1) is 8.47. The van der Waals surface area contributed by atoms with Gasteiger partial charge in [-0.05, 0) is 26.5 Å². The lowest BCUT2D eigenvalue weighted by Crippen LogP contribution is -2.33. The van der Waals surface area contributed by atoms with Gasteiger partial charge in [-0.25, -0.2) is 0 Å². The standard InChI is InChI=1S/C12H23N5O/c1-5-10-7-11(17(4)14-10)8-16(3)9(2)6-12(13)15-18/h7,9,18H,5-6,8H2,1-4H3,(H2,13,15). The summed E-state index contributed by atoms with van der Waals surface area (Å²) in [4.78, 5) is 2.16. The summed E-state index contributed by atoms with van der Waals surface area (Å²) >= 11 is 0. The summed E-state index contributed by atoms with van der Waals surface area (Å²) in [5, 5.41) is 16.0. The summed E-state index contributed by atoms with van der Waals surface area (Å²) in [6.07, 6.45) is 1.49. The quantitative estimate of drug-likeness (QED) is 0.342. The number of amidine groups is 1. The second-order valence-electron chi connectivity index (χ2n) is 4.66. The Hall–Kier alpha value is -1.56. The minimum absolute atomic E-state index is 0.209. The molecule has 102 valence electrons. The average molecular weight is 253 g/mol. The van der Waals surface area contributed by atoms with Gasteiger partial charge in [-0.1, -0.05) is 12.1 Å². The van der Waals surface area contributed by atoms with E-state index in [2.05, 4.69) is 35.1 Å². The molecule has 0 spiro atoms. The Morgan fingerprint density at radius 1 is 1.67 bits per heavy atom. The molecule has 1 rings (SSSR count). The van der Waals surface area contributed by atoms with Crippen LogP contribution < -0.4 is 5.73 Å². The first-order valence-corrected chi connectivity index (χ1v) is 6.16. The van der Waals surface area contributed by atoms with E-state index < -0.39 is 0 Å². The summed E-state index contributed by atoms with van der Waals surface area (Å²) in [5.74, 6) is 0.258. The Morgan fingerprint density at radius 3 is 2.83 bits per heavy atom. The molecule has 0 saturated carbocycles. The highest BCUT2D eigenvalue weighted by Gasteiger charge is 2.14. The molecule has 1 aromatic heterocycles. The van der Waals surface area contributed by atoms with Gasteiger partial charge in [0.15, 0.2) is 0 Å². The highest BCUT2D eigenvalue weighted by molar-refractivity contribution is 5.80. The first-order valence-electron chi connectivity index (χ1n) is 6.16. The third kappa shape index (κ3) is 3.73. The van der Waals surface area contributed by atoms with Gasteiger partial charge in [0.25, 0.3) is 0 Å². The highest BCUT2D eigenvalue weighted by Crippen LogP contribution is 2.10. The van der Waals surface area contributed by atoms with Crippen molar-refractivity contribution in [1.29, 1.82) is 0 Å². The van der Waals surface area contributed by atoms with Crippen molar-refractivity contribution in [2.45, 2.75) is 39.3 Å². The number of hydrogen-bond acceptors (Lipinski definition) is 4. The molecule has 0 amide bonds. The van der Waals surface area contributed by atoms with Crippen LogP contribution in [0.2, 0.25) is 0 Å². The second-order valence-corrected chi connectivity index (χ2v) is 4.66. The lowest BCUT2D eigenvalue weighted by Gasteiger charge is -2.24.